The minimum atomic E-state index is -0.461. The van der Waals surface area contributed by atoms with Crippen molar-refractivity contribution in [3.63, 3.8) is 0 Å². The van der Waals surface area contributed by atoms with E-state index < -0.39 is 10.8 Å². The Morgan fingerprint density at radius 1 is 1.14 bits per heavy atom. The largest absolute Gasteiger partial charge is 0.493 e. The van der Waals surface area contributed by atoms with E-state index in [0.717, 1.165) is 18.4 Å². The van der Waals surface area contributed by atoms with Gasteiger partial charge in [-0.15, -0.1) is 0 Å². The van der Waals surface area contributed by atoms with Gasteiger partial charge >= 0.3 is 0 Å². The Morgan fingerprint density at radius 2 is 1.86 bits per heavy atom. The number of nitriles is 1. The van der Waals surface area contributed by atoms with Crippen LogP contribution in [0, 0.1) is 21.4 Å². The zero-order valence-electron chi connectivity index (χ0n) is 19.6. The summed E-state index contributed by atoms with van der Waals surface area (Å²) in [6.07, 6.45) is 3.08. The predicted octanol–water partition coefficient (Wildman–Crippen LogP) is 5.60. The van der Waals surface area contributed by atoms with Gasteiger partial charge in [0.2, 0.25) is 0 Å². The summed E-state index contributed by atoms with van der Waals surface area (Å²) in [5.41, 5.74) is 2.49. The molecule has 36 heavy (non-hydrogen) atoms. The van der Waals surface area contributed by atoms with Gasteiger partial charge in [-0.3, -0.25) is 14.9 Å². The highest BCUT2D eigenvalue weighted by molar-refractivity contribution is 9.10. The lowest BCUT2D eigenvalue weighted by molar-refractivity contribution is -0.384. The van der Waals surface area contributed by atoms with E-state index in [1.807, 2.05) is 36.4 Å². The van der Waals surface area contributed by atoms with Gasteiger partial charge in [0.1, 0.15) is 18.2 Å². The number of rotatable bonds is 11. The molecule has 1 amide bonds. The molecule has 0 aliphatic heterocycles. The van der Waals surface area contributed by atoms with Gasteiger partial charge in [-0.25, -0.2) is 0 Å². The summed E-state index contributed by atoms with van der Waals surface area (Å²) < 4.78 is 11.9. The van der Waals surface area contributed by atoms with E-state index in [1.54, 1.807) is 24.3 Å². The molecule has 0 unspecified atom stereocenters. The highest BCUT2D eigenvalue weighted by Gasteiger charge is 2.14. The first-order chi connectivity index (χ1) is 17.4. The third-order valence-corrected chi connectivity index (χ3v) is 5.82. The van der Waals surface area contributed by atoms with Crippen molar-refractivity contribution in [2.75, 3.05) is 13.7 Å². The van der Waals surface area contributed by atoms with Crippen LogP contribution in [-0.4, -0.2) is 24.5 Å². The van der Waals surface area contributed by atoms with E-state index in [1.165, 1.54) is 30.9 Å². The van der Waals surface area contributed by atoms with Gasteiger partial charge in [0.15, 0.2) is 11.5 Å². The molecule has 0 saturated heterocycles. The maximum atomic E-state index is 12.5. The Kier molecular flexibility index (Phi) is 9.60. The minimum absolute atomic E-state index is 0.00202. The maximum Gasteiger partial charge on any atom is 0.269 e. The van der Waals surface area contributed by atoms with Crippen LogP contribution in [0.3, 0.4) is 0 Å². The quantitative estimate of drug-likeness (QED) is 0.109. The zero-order valence-corrected chi connectivity index (χ0v) is 21.2. The molecule has 3 rings (SSSR count). The molecular formula is C27H24BrN3O5. The fraction of sp³-hybridized carbons (Fsp3) is 0.185. The standard InChI is InChI=1S/C27H24BrN3O5/c1-35-25-16-21(14-22(17-29)27(32)30-13-5-8-19-6-3-2-4-7-19)15-24(28)26(25)36-18-20-9-11-23(12-10-20)31(33)34/h2-4,6-7,9-12,14-16H,5,8,13,18H2,1H3,(H,30,32)/b22-14-. The molecule has 0 bridgehead atoms. The molecule has 3 aromatic rings. The number of hydrogen-bond acceptors (Lipinski definition) is 6. The maximum absolute atomic E-state index is 12.5. The van der Waals surface area contributed by atoms with Gasteiger partial charge in [-0.1, -0.05) is 30.3 Å². The molecule has 0 spiro atoms. The first kappa shape index (κ1) is 26.4. The number of nitrogens with one attached hydrogen (secondary N) is 1. The third-order valence-electron chi connectivity index (χ3n) is 5.23. The Balaban J connectivity index is 1.65. The fourth-order valence-electron chi connectivity index (χ4n) is 3.38. The lowest BCUT2D eigenvalue weighted by Crippen LogP contribution is -2.25. The number of halogens is 1. The molecular weight excluding hydrogens is 526 g/mol. The monoisotopic (exact) mass is 549 g/mol. The average molecular weight is 550 g/mol. The summed E-state index contributed by atoms with van der Waals surface area (Å²) in [4.78, 5) is 22.9. The predicted molar refractivity (Wildman–Crippen MR) is 139 cm³/mol. The van der Waals surface area contributed by atoms with Crippen molar-refractivity contribution in [1.29, 1.82) is 5.26 Å². The first-order valence-electron chi connectivity index (χ1n) is 11.1. The van der Waals surface area contributed by atoms with Crippen molar-refractivity contribution < 1.29 is 19.2 Å². The number of nitro groups is 1. The number of hydrogen-bond donors (Lipinski definition) is 1. The summed E-state index contributed by atoms with van der Waals surface area (Å²) >= 11 is 3.46. The van der Waals surface area contributed by atoms with Gasteiger partial charge < -0.3 is 14.8 Å². The number of methoxy groups -OCH3 is 1. The molecule has 184 valence electrons. The van der Waals surface area contributed by atoms with E-state index in [4.69, 9.17) is 9.47 Å². The summed E-state index contributed by atoms with van der Waals surface area (Å²) in [5.74, 6) is 0.383. The second-order valence-electron chi connectivity index (χ2n) is 7.76. The smallest absolute Gasteiger partial charge is 0.269 e. The topological polar surface area (TPSA) is 114 Å². The van der Waals surface area contributed by atoms with Crippen LogP contribution in [0.1, 0.15) is 23.1 Å². The van der Waals surface area contributed by atoms with E-state index in [0.29, 0.717) is 28.1 Å². The second kappa shape index (κ2) is 13.1. The van der Waals surface area contributed by atoms with Crippen LogP contribution < -0.4 is 14.8 Å². The molecule has 0 aromatic heterocycles. The Bertz CT molecular complexity index is 1290. The number of nitrogens with zero attached hydrogens (tertiary/aromatic N) is 2. The number of carbonyl (C=O) groups excluding carboxylic acids is 1. The molecule has 8 nitrogen and oxygen atoms in total. The lowest BCUT2D eigenvalue weighted by atomic mass is 10.1. The summed E-state index contributed by atoms with van der Waals surface area (Å²) in [7, 11) is 1.48. The van der Waals surface area contributed by atoms with Crippen molar-refractivity contribution in [3.05, 3.63) is 104 Å². The third kappa shape index (κ3) is 7.42. The number of aryl methyl sites for hydroxylation is 1. The minimum Gasteiger partial charge on any atom is -0.493 e. The van der Waals surface area contributed by atoms with Crippen LogP contribution in [0.25, 0.3) is 6.08 Å². The van der Waals surface area contributed by atoms with Crippen molar-refractivity contribution in [2.24, 2.45) is 0 Å². The summed E-state index contributed by atoms with van der Waals surface area (Å²) in [6, 6.07) is 21.4. The molecule has 0 saturated carbocycles. The highest BCUT2D eigenvalue weighted by Crippen LogP contribution is 2.37. The van der Waals surface area contributed by atoms with E-state index >= 15 is 0 Å². The van der Waals surface area contributed by atoms with Crippen LogP contribution in [0.5, 0.6) is 11.5 Å². The molecule has 0 heterocycles. The molecule has 0 aliphatic carbocycles. The van der Waals surface area contributed by atoms with Crippen molar-refractivity contribution in [2.45, 2.75) is 19.4 Å². The van der Waals surface area contributed by atoms with Crippen molar-refractivity contribution in [3.8, 4) is 17.6 Å². The number of nitro benzene ring substituents is 1. The average Bonchev–Trinajstić information content (AvgIpc) is 2.89. The number of benzene rings is 3. The summed E-state index contributed by atoms with van der Waals surface area (Å²) in [6.45, 7) is 0.617. The number of carbonyl (C=O) groups is 1. The van der Waals surface area contributed by atoms with Crippen LogP contribution in [0.2, 0.25) is 0 Å². The number of amides is 1. The second-order valence-corrected chi connectivity index (χ2v) is 8.62. The van der Waals surface area contributed by atoms with Crippen molar-refractivity contribution in [1.82, 2.24) is 5.32 Å². The van der Waals surface area contributed by atoms with Crippen LogP contribution in [0.15, 0.2) is 76.8 Å². The molecule has 0 fully saturated rings. The molecule has 9 heteroatoms. The van der Waals surface area contributed by atoms with E-state index in [-0.39, 0.29) is 17.9 Å². The van der Waals surface area contributed by atoms with Gasteiger partial charge in [0, 0.05) is 18.7 Å². The number of non-ortho nitro benzene ring substituents is 1. The Labute approximate surface area is 217 Å². The van der Waals surface area contributed by atoms with Crippen LogP contribution in [0.4, 0.5) is 5.69 Å². The first-order valence-corrected chi connectivity index (χ1v) is 11.9. The molecule has 3 aromatic carbocycles. The Morgan fingerprint density at radius 3 is 2.50 bits per heavy atom. The molecule has 1 N–H and O–H groups in total. The van der Waals surface area contributed by atoms with Gasteiger partial charge in [0.25, 0.3) is 11.6 Å². The SMILES string of the molecule is COc1cc(/C=C(/C#N)C(=O)NCCCc2ccccc2)cc(Br)c1OCc1ccc([N+](=O)[O-])cc1. The fourth-order valence-corrected chi connectivity index (χ4v) is 3.96. The van der Waals surface area contributed by atoms with Gasteiger partial charge in [0.05, 0.1) is 16.5 Å². The molecule has 0 radical (unpaired) electrons. The van der Waals surface area contributed by atoms with Crippen molar-refractivity contribution >= 4 is 33.6 Å². The van der Waals surface area contributed by atoms with Crippen LogP contribution in [-0.2, 0) is 17.8 Å². The van der Waals surface area contributed by atoms with E-state index in [2.05, 4.69) is 21.2 Å². The van der Waals surface area contributed by atoms with Crippen LogP contribution >= 0.6 is 15.9 Å². The molecule has 0 aliphatic rings. The number of ether oxygens (including phenoxy) is 2. The molecule has 0 atom stereocenters. The normalized spacial score (nSPS) is 10.9. The highest BCUT2D eigenvalue weighted by atomic mass is 79.9. The summed E-state index contributed by atoms with van der Waals surface area (Å²) in [5, 5.41) is 23.1. The van der Waals surface area contributed by atoms with Gasteiger partial charge in [-0.2, -0.15) is 5.26 Å². The Hall–Kier alpha value is -4.16. The zero-order chi connectivity index (χ0) is 25.9. The van der Waals surface area contributed by atoms with E-state index in [9.17, 15) is 20.2 Å². The van der Waals surface area contributed by atoms with Gasteiger partial charge in [-0.05, 0) is 75.8 Å². The lowest BCUT2D eigenvalue weighted by Gasteiger charge is -2.14.